The number of amides is 2. The van der Waals surface area contributed by atoms with Crippen molar-refractivity contribution in [1.82, 2.24) is 15.1 Å². The Morgan fingerprint density at radius 1 is 0.929 bits per heavy atom. The molecule has 2 amide bonds. The number of carbonyl (C=O) groups is 1. The highest BCUT2D eigenvalue weighted by Crippen LogP contribution is 2.35. The topological polar surface area (TPSA) is 35.6 Å². The number of rotatable bonds is 5. The summed E-state index contributed by atoms with van der Waals surface area (Å²) in [6, 6.07) is 21.6. The van der Waals surface area contributed by atoms with E-state index in [9.17, 15) is 4.79 Å². The van der Waals surface area contributed by atoms with Gasteiger partial charge in [0.1, 0.15) is 0 Å². The van der Waals surface area contributed by atoms with Gasteiger partial charge in [0.05, 0.1) is 6.04 Å². The van der Waals surface area contributed by atoms with E-state index in [1.54, 1.807) is 0 Å². The second-order valence-electron chi connectivity index (χ2n) is 7.86. The quantitative estimate of drug-likeness (QED) is 0.840. The highest BCUT2D eigenvalue weighted by Gasteiger charge is 2.28. The van der Waals surface area contributed by atoms with Gasteiger partial charge in [-0.05, 0) is 36.8 Å². The minimum absolute atomic E-state index is 0.0237. The molecule has 28 heavy (non-hydrogen) atoms. The number of nitrogens with zero attached hydrogens (tertiary/aromatic N) is 2. The minimum Gasteiger partial charge on any atom is -0.322 e. The molecule has 0 aromatic heterocycles. The summed E-state index contributed by atoms with van der Waals surface area (Å²) in [6.45, 7) is 5.34. The van der Waals surface area contributed by atoms with E-state index >= 15 is 0 Å². The van der Waals surface area contributed by atoms with Crippen molar-refractivity contribution in [1.29, 1.82) is 0 Å². The fourth-order valence-corrected chi connectivity index (χ4v) is 3.99. The summed E-state index contributed by atoms with van der Waals surface area (Å²) >= 11 is 0. The predicted molar refractivity (Wildman–Crippen MR) is 113 cm³/mol. The van der Waals surface area contributed by atoms with E-state index in [-0.39, 0.29) is 12.1 Å². The Hall–Kier alpha value is -2.59. The molecule has 0 bridgehead atoms. The van der Waals surface area contributed by atoms with Crippen molar-refractivity contribution in [2.24, 2.45) is 5.92 Å². The molecule has 1 heterocycles. The van der Waals surface area contributed by atoms with E-state index in [1.807, 2.05) is 11.1 Å². The molecule has 1 saturated heterocycles. The van der Waals surface area contributed by atoms with Crippen molar-refractivity contribution >= 4 is 6.03 Å². The molecule has 4 rings (SSSR count). The summed E-state index contributed by atoms with van der Waals surface area (Å²) in [6.07, 6.45) is 4.43. The van der Waals surface area contributed by atoms with Crippen LogP contribution in [-0.4, -0.2) is 42.0 Å². The molecule has 0 unspecified atom stereocenters. The van der Waals surface area contributed by atoms with Gasteiger partial charge >= 0.3 is 6.03 Å². The number of piperazine rings is 1. The summed E-state index contributed by atoms with van der Waals surface area (Å²) in [5.41, 5.74) is 3.89. The Bertz CT molecular complexity index is 767. The second-order valence-corrected chi connectivity index (χ2v) is 7.86. The van der Waals surface area contributed by atoms with Crippen LogP contribution in [0.15, 0.2) is 72.4 Å². The van der Waals surface area contributed by atoms with Crippen LogP contribution in [0.25, 0.3) is 0 Å². The Morgan fingerprint density at radius 3 is 1.96 bits per heavy atom. The number of hydrogen-bond donors (Lipinski definition) is 1. The van der Waals surface area contributed by atoms with Gasteiger partial charge in [-0.15, -0.1) is 0 Å². The summed E-state index contributed by atoms with van der Waals surface area (Å²) in [4.78, 5) is 16.9. The van der Waals surface area contributed by atoms with Crippen molar-refractivity contribution in [3.63, 3.8) is 0 Å². The van der Waals surface area contributed by atoms with Crippen molar-refractivity contribution in [2.75, 3.05) is 26.2 Å². The van der Waals surface area contributed by atoms with Crippen LogP contribution in [0.1, 0.15) is 36.9 Å². The largest absolute Gasteiger partial charge is 0.322 e. The van der Waals surface area contributed by atoms with Crippen molar-refractivity contribution in [3.05, 3.63) is 83.6 Å². The number of nitrogens with one attached hydrogen (secondary N) is 1. The molecule has 0 atom stereocenters. The zero-order chi connectivity index (χ0) is 19.3. The molecule has 2 aromatic carbocycles. The number of allylic oxidation sites excluding steroid dienone is 1. The lowest BCUT2D eigenvalue weighted by molar-refractivity contribution is 0.122. The lowest BCUT2D eigenvalue weighted by Crippen LogP contribution is -2.51. The molecule has 0 radical (unpaired) electrons. The molecule has 146 valence electrons. The molecule has 4 nitrogen and oxygen atoms in total. The Morgan fingerprint density at radius 2 is 1.46 bits per heavy atom. The molecule has 0 spiro atoms. The third-order valence-electron chi connectivity index (χ3n) is 5.84. The first-order valence-corrected chi connectivity index (χ1v) is 10.3. The van der Waals surface area contributed by atoms with E-state index in [4.69, 9.17) is 0 Å². The van der Waals surface area contributed by atoms with E-state index < -0.39 is 0 Å². The van der Waals surface area contributed by atoms with Crippen LogP contribution < -0.4 is 5.32 Å². The minimum atomic E-state index is 0.0237. The Balaban J connectivity index is 1.41. The predicted octanol–water partition coefficient (Wildman–Crippen LogP) is 4.42. The Kier molecular flexibility index (Phi) is 5.77. The van der Waals surface area contributed by atoms with Gasteiger partial charge in [0.2, 0.25) is 0 Å². The van der Waals surface area contributed by atoms with Crippen LogP contribution in [0.5, 0.6) is 0 Å². The van der Waals surface area contributed by atoms with Gasteiger partial charge in [-0.2, -0.15) is 0 Å². The SMILES string of the molecule is C/C(=C\NC(=O)N1CCN(C(c2ccccc2)c2ccccc2)CC1)C1CC1. The lowest BCUT2D eigenvalue weighted by atomic mass is 9.96. The first kappa shape index (κ1) is 18.8. The smallest absolute Gasteiger partial charge is 0.321 e. The molecule has 1 saturated carbocycles. The van der Waals surface area contributed by atoms with Gasteiger partial charge < -0.3 is 10.2 Å². The monoisotopic (exact) mass is 375 g/mol. The van der Waals surface area contributed by atoms with Gasteiger partial charge in [0.15, 0.2) is 0 Å². The van der Waals surface area contributed by atoms with Gasteiger partial charge in [-0.1, -0.05) is 66.2 Å². The molecule has 1 aliphatic heterocycles. The first-order chi connectivity index (χ1) is 13.7. The average Bonchev–Trinajstić information content (AvgIpc) is 3.60. The van der Waals surface area contributed by atoms with Crippen LogP contribution in [0.3, 0.4) is 0 Å². The third-order valence-corrected chi connectivity index (χ3v) is 5.84. The summed E-state index contributed by atoms with van der Waals surface area (Å²) in [5, 5.41) is 2.99. The van der Waals surface area contributed by atoms with Crippen LogP contribution >= 0.6 is 0 Å². The summed E-state index contributed by atoms with van der Waals surface area (Å²) in [7, 11) is 0. The fraction of sp³-hybridized carbons (Fsp3) is 0.375. The number of carbonyl (C=O) groups excluding carboxylic acids is 1. The van der Waals surface area contributed by atoms with Crippen LogP contribution in [0.2, 0.25) is 0 Å². The van der Waals surface area contributed by atoms with Crippen LogP contribution in [-0.2, 0) is 0 Å². The number of benzene rings is 2. The maximum Gasteiger partial charge on any atom is 0.321 e. The van der Waals surface area contributed by atoms with Gasteiger partial charge in [0.25, 0.3) is 0 Å². The van der Waals surface area contributed by atoms with Crippen molar-refractivity contribution < 1.29 is 4.79 Å². The summed E-state index contributed by atoms with van der Waals surface area (Å²) in [5.74, 6) is 0.689. The van der Waals surface area contributed by atoms with Gasteiger partial charge in [-0.25, -0.2) is 4.79 Å². The molecular weight excluding hydrogens is 346 g/mol. The number of hydrogen-bond acceptors (Lipinski definition) is 2. The Labute approximate surface area is 167 Å². The van der Waals surface area contributed by atoms with Gasteiger partial charge in [-0.3, -0.25) is 4.90 Å². The molecule has 2 aliphatic rings. The summed E-state index contributed by atoms with van der Waals surface area (Å²) < 4.78 is 0. The lowest BCUT2D eigenvalue weighted by Gasteiger charge is -2.39. The van der Waals surface area contributed by atoms with Gasteiger partial charge in [0, 0.05) is 32.4 Å². The van der Waals surface area contributed by atoms with E-state index in [0.29, 0.717) is 5.92 Å². The first-order valence-electron chi connectivity index (χ1n) is 10.3. The van der Waals surface area contributed by atoms with Crippen LogP contribution in [0.4, 0.5) is 4.79 Å². The molecule has 1 N–H and O–H groups in total. The second kappa shape index (κ2) is 8.61. The van der Waals surface area contributed by atoms with Crippen molar-refractivity contribution in [2.45, 2.75) is 25.8 Å². The van der Waals surface area contributed by atoms with Crippen LogP contribution in [0, 0.1) is 5.92 Å². The highest BCUT2D eigenvalue weighted by atomic mass is 16.2. The molecule has 4 heteroatoms. The standard InChI is InChI=1S/C24H29N3O/c1-19(20-12-13-20)18-25-24(28)27-16-14-26(15-17-27)23(21-8-4-2-5-9-21)22-10-6-3-7-11-22/h2-11,18,20,23H,12-17H2,1H3,(H,25,28)/b19-18+. The maximum absolute atomic E-state index is 12.5. The van der Waals surface area contributed by atoms with Crippen molar-refractivity contribution in [3.8, 4) is 0 Å². The van der Waals surface area contributed by atoms with E-state index in [2.05, 4.69) is 77.8 Å². The number of urea groups is 1. The molecule has 2 fully saturated rings. The average molecular weight is 376 g/mol. The normalized spacial score (nSPS) is 18.4. The zero-order valence-electron chi connectivity index (χ0n) is 16.6. The molecule has 1 aliphatic carbocycles. The molecular formula is C24H29N3O. The van der Waals surface area contributed by atoms with E-state index in [0.717, 1.165) is 26.2 Å². The molecule has 2 aromatic rings. The fourth-order valence-electron chi connectivity index (χ4n) is 3.99. The third kappa shape index (κ3) is 4.45. The zero-order valence-corrected chi connectivity index (χ0v) is 16.6. The highest BCUT2D eigenvalue weighted by molar-refractivity contribution is 5.75. The van der Waals surface area contributed by atoms with E-state index in [1.165, 1.54) is 29.5 Å². The maximum atomic E-state index is 12.5.